The number of benzene rings is 7. The van der Waals surface area contributed by atoms with Gasteiger partial charge in [0.2, 0.25) is 0 Å². The minimum Gasteiger partial charge on any atom is -0.454 e. The van der Waals surface area contributed by atoms with E-state index in [9.17, 15) is 0 Å². The third-order valence-corrected chi connectivity index (χ3v) is 16.9. The summed E-state index contributed by atoms with van der Waals surface area (Å²) in [6, 6.07) is 51.7. The number of furan rings is 1. The number of hydrogen-bond donors (Lipinski definition) is 0. The smallest absolute Gasteiger partial charge is 0.252 e. The number of para-hydroxylation sites is 2. The van der Waals surface area contributed by atoms with E-state index >= 15 is 0 Å². The number of fused-ring (bicyclic) bond motifs is 10. The van der Waals surface area contributed by atoms with Gasteiger partial charge >= 0.3 is 0 Å². The van der Waals surface area contributed by atoms with E-state index in [0.29, 0.717) is 0 Å². The predicted octanol–water partition coefficient (Wildman–Crippen LogP) is 15.6. The van der Waals surface area contributed by atoms with Gasteiger partial charge in [-0.1, -0.05) is 155 Å². The van der Waals surface area contributed by atoms with Crippen LogP contribution in [0.2, 0.25) is 0 Å². The molecule has 4 heterocycles. The summed E-state index contributed by atoms with van der Waals surface area (Å²) in [4.78, 5) is 7.90. The molecule has 342 valence electrons. The molecule has 3 aliphatic heterocycles. The van der Waals surface area contributed by atoms with Crippen LogP contribution < -0.4 is 31.1 Å². The van der Waals surface area contributed by atoms with E-state index in [2.05, 4.69) is 231 Å². The molecule has 1 fully saturated rings. The van der Waals surface area contributed by atoms with Crippen LogP contribution in [-0.2, 0) is 21.7 Å². The Labute approximate surface area is 405 Å². The molecule has 2 unspecified atom stereocenters. The van der Waals surface area contributed by atoms with Crippen LogP contribution in [0.4, 0.5) is 45.5 Å². The van der Waals surface area contributed by atoms with Crippen molar-refractivity contribution in [1.82, 2.24) is 0 Å². The largest absolute Gasteiger partial charge is 0.454 e. The molecule has 5 heteroatoms. The molecule has 0 bridgehead atoms. The summed E-state index contributed by atoms with van der Waals surface area (Å²) in [6.07, 6.45) is 4.85. The van der Waals surface area contributed by atoms with Gasteiger partial charge in [-0.05, 0) is 148 Å². The van der Waals surface area contributed by atoms with Crippen molar-refractivity contribution >= 4 is 90.5 Å². The second-order valence-corrected chi connectivity index (χ2v) is 24.3. The molecule has 4 nitrogen and oxygen atoms in total. The molecule has 1 saturated carbocycles. The van der Waals surface area contributed by atoms with E-state index in [4.69, 9.17) is 4.42 Å². The molecule has 0 amide bonds. The molecule has 2 atom stereocenters. The maximum atomic E-state index is 6.86. The number of anilines is 8. The first-order valence-corrected chi connectivity index (χ1v) is 25.3. The van der Waals surface area contributed by atoms with Crippen molar-refractivity contribution in [2.75, 3.05) is 14.7 Å². The van der Waals surface area contributed by atoms with Crippen LogP contribution in [-0.4, -0.2) is 12.3 Å². The molecule has 1 aliphatic carbocycles. The minimum atomic E-state index is -0.0783. The van der Waals surface area contributed by atoms with Gasteiger partial charge < -0.3 is 19.1 Å². The molecular weight excluding hydrogens is 826 g/mol. The van der Waals surface area contributed by atoms with Crippen LogP contribution in [0.5, 0.6) is 0 Å². The Morgan fingerprint density at radius 2 is 1.12 bits per heavy atom. The normalized spacial score (nSPS) is 19.8. The average Bonchev–Trinajstić information content (AvgIpc) is 3.77. The van der Waals surface area contributed by atoms with Crippen molar-refractivity contribution in [3.8, 4) is 0 Å². The highest BCUT2D eigenvalue weighted by Gasteiger charge is 2.58. The monoisotopic (exact) mass is 892 g/mol. The highest BCUT2D eigenvalue weighted by Crippen LogP contribution is 2.62. The zero-order valence-electron chi connectivity index (χ0n) is 42.4. The van der Waals surface area contributed by atoms with E-state index in [0.717, 1.165) is 34.0 Å². The molecule has 68 heavy (non-hydrogen) atoms. The highest BCUT2D eigenvalue weighted by molar-refractivity contribution is 7.00. The lowest BCUT2D eigenvalue weighted by Crippen LogP contribution is -2.61. The number of nitrogens with zero attached hydrogens (tertiary/aromatic N) is 3. The third kappa shape index (κ3) is 6.12. The van der Waals surface area contributed by atoms with Gasteiger partial charge in [0.1, 0.15) is 5.58 Å². The Balaban J connectivity index is 1.14. The Kier molecular flexibility index (Phi) is 9.14. The van der Waals surface area contributed by atoms with Crippen LogP contribution in [0.25, 0.3) is 21.9 Å². The van der Waals surface area contributed by atoms with Crippen LogP contribution >= 0.6 is 0 Å². The molecule has 1 aromatic heterocycles. The van der Waals surface area contributed by atoms with Gasteiger partial charge in [-0.25, -0.2) is 0 Å². The quantitative estimate of drug-likeness (QED) is 0.165. The standard InChI is InChI=1S/C63H66BN3O/c1-39-34-54-57-55(35-39)66(52-20-17-19-46-45-18-13-14-21-56(45)68-58(46)52)51-31-25-42(61(8,9)10)37-49(51)64(57)48-29-28-44(38-53(48)65(54)43-26-22-40(23-27-43)59(2,3)4)67-50-30-24-41(60(5,6)7)36-47(50)62(11)32-15-16-33-63(62,67)12/h13-14,17-31,34-38H,15-16,32-33H2,1-12H3. The Morgan fingerprint density at radius 3 is 1.84 bits per heavy atom. The van der Waals surface area contributed by atoms with Crippen molar-refractivity contribution in [2.45, 2.75) is 136 Å². The number of aryl methyl sites for hydroxylation is 1. The van der Waals surface area contributed by atoms with E-state index in [1.54, 1.807) is 0 Å². The lowest BCUT2D eigenvalue weighted by atomic mass is 9.33. The van der Waals surface area contributed by atoms with Crippen LogP contribution in [0.3, 0.4) is 0 Å². The van der Waals surface area contributed by atoms with Gasteiger partial charge in [0.15, 0.2) is 5.58 Å². The molecule has 0 spiro atoms. The maximum Gasteiger partial charge on any atom is 0.252 e. The van der Waals surface area contributed by atoms with Gasteiger partial charge in [-0.2, -0.15) is 0 Å². The van der Waals surface area contributed by atoms with Crippen LogP contribution in [0.15, 0.2) is 138 Å². The molecule has 7 aromatic carbocycles. The molecule has 0 radical (unpaired) electrons. The molecule has 8 aromatic rings. The Bertz CT molecular complexity index is 3380. The maximum absolute atomic E-state index is 6.86. The van der Waals surface area contributed by atoms with Crippen molar-refractivity contribution in [1.29, 1.82) is 0 Å². The van der Waals surface area contributed by atoms with E-state index in [1.165, 1.54) is 103 Å². The van der Waals surface area contributed by atoms with E-state index in [-0.39, 0.29) is 33.9 Å². The van der Waals surface area contributed by atoms with E-state index in [1.807, 2.05) is 0 Å². The Hall–Kier alpha value is -6.20. The minimum absolute atomic E-state index is 0.00563. The fraction of sp³-hybridized carbons (Fsp3) is 0.333. The fourth-order valence-electron chi connectivity index (χ4n) is 12.9. The van der Waals surface area contributed by atoms with Crippen molar-refractivity contribution in [2.24, 2.45) is 0 Å². The second kappa shape index (κ2) is 14.4. The van der Waals surface area contributed by atoms with Crippen LogP contribution in [0.1, 0.15) is 130 Å². The average molecular weight is 892 g/mol. The van der Waals surface area contributed by atoms with Gasteiger partial charge in [0, 0.05) is 56.0 Å². The zero-order chi connectivity index (χ0) is 47.4. The lowest BCUT2D eigenvalue weighted by molar-refractivity contribution is 0.195. The number of hydrogen-bond acceptors (Lipinski definition) is 4. The van der Waals surface area contributed by atoms with Crippen molar-refractivity contribution in [3.63, 3.8) is 0 Å². The van der Waals surface area contributed by atoms with Crippen LogP contribution in [0, 0.1) is 6.92 Å². The van der Waals surface area contributed by atoms with Gasteiger partial charge in [-0.15, -0.1) is 0 Å². The first-order chi connectivity index (χ1) is 32.3. The van der Waals surface area contributed by atoms with Gasteiger partial charge in [0.05, 0.1) is 11.2 Å². The summed E-state index contributed by atoms with van der Waals surface area (Å²) in [6.45, 7) is 28.4. The summed E-state index contributed by atoms with van der Waals surface area (Å²) in [5.74, 6) is 0. The second-order valence-electron chi connectivity index (χ2n) is 24.3. The summed E-state index contributed by atoms with van der Waals surface area (Å²) in [5.41, 5.74) is 22.4. The molecule has 12 rings (SSSR count). The van der Waals surface area contributed by atoms with E-state index < -0.39 is 0 Å². The summed E-state index contributed by atoms with van der Waals surface area (Å²) < 4.78 is 6.86. The molecule has 4 aliphatic rings. The summed E-state index contributed by atoms with van der Waals surface area (Å²) >= 11 is 0. The first kappa shape index (κ1) is 43.1. The first-order valence-electron chi connectivity index (χ1n) is 25.3. The molecule has 0 saturated heterocycles. The zero-order valence-corrected chi connectivity index (χ0v) is 42.4. The number of rotatable bonds is 3. The highest BCUT2D eigenvalue weighted by atomic mass is 16.3. The summed E-state index contributed by atoms with van der Waals surface area (Å²) in [5, 5.41) is 2.27. The SMILES string of the molecule is Cc1cc2c3c(c1)N(c1cccc4c1oc1ccccc14)c1ccc(C(C)(C)C)cc1B3c1ccc(N3c4ccc(C(C)(C)C)cc4C4(C)CCCCC34C)cc1N2c1ccc(C(C)(C)C)cc1. The molecular formula is C63H66BN3O. The van der Waals surface area contributed by atoms with Gasteiger partial charge in [0.25, 0.3) is 6.71 Å². The predicted molar refractivity (Wildman–Crippen MR) is 291 cm³/mol. The van der Waals surface area contributed by atoms with Crippen molar-refractivity contribution in [3.05, 3.63) is 161 Å². The summed E-state index contributed by atoms with van der Waals surface area (Å²) in [7, 11) is 0. The Morgan fingerprint density at radius 1 is 0.500 bits per heavy atom. The third-order valence-electron chi connectivity index (χ3n) is 16.9. The molecule has 0 N–H and O–H groups in total. The van der Waals surface area contributed by atoms with Gasteiger partial charge in [-0.3, -0.25) is 0 Å². The topological polar surface area (TPSA) is 22.9 Å². The van der Waals surface area contributed by atoms with Crippen molar-refractivity contribution < 1.29 is 4.42 Å². The fourth-order valence-corrected chi connectivity index (χ4v) is 12.9. The lowest BCUT2D eigenvalue weighted by Gasteiger charge is -2.50.